The van der Waals surface area contributed by atoms with Crippen LogP contribution in [0.15, 0.2) is 42.9 Å². The van der Waals surface area contributed by atoms with E-state index in [9.17, 15) is 4.79 Å². The number of rotatable bonds is 8. The van der Waals surface area contributed by atoms with Gasteiger partial charge in [0.2, 0.25) is 0 Å². The van der Waals surface area contributed by atoms with Crippen LogP contribution in [-0.2, 0) is 11.3 Å². The summed E-state index contributed by atoms with van der Waals surface area (Å²) in [6, 6.07) is 9.70. The second kappa shape index (κ2) is 13.2. The molecule has 0 bridgehead atoms. The van der Waals surface area contributed by atoms with Crippen molar-refractivity contribution < 1.29 is 14.3 Å². The topological polar surface area (TPSA) is 111 Å². The molecule has 1 aliphatic heterocycles. The molecular weight excluding hydrogens is 592 g/mol. The predicted octanol–water partition coefficient (Wildman–Crippen LogP) is 6.04. The van der Waals surface area contributed by atoms with Crippen molar-refractivity contribution in [1.82, 2.24) is 34.3 Å². The van der Waals surface area contributed by atoms with Crippen molar-refractivity contribution in [2.75, 3.05) is 44.6 Å². The molecule has 0 spiro atoms. The van der Waals surface area contributed by atoms with Crippen LogP contribution >= 0.6 is 11.6 Å². The number of hydrogen-bond donors (Lipinski definition) is 1. The van der Waals surface area contributed by atoms with E-state index in [0.29, 0.717) is 59.8 Å². The highest BCUT2D eigenvalue weighted by Gasteiger charge is 2.26. The maximum Gasteiger partial charge on any atom is 0.410 e. The normalized spacial score (nSPS) is 14.5. The second-order valence-corrected chi connectivity index (χ2v) is 13.8. The van der Waals surface area contributed by atoms with Crippen LogP contribution in [0.5, 0.6) is 5.75 Å². The summed E-state index contributed by atoms with van der Waals surface area (Å²) in [4.78, 5) is 35.1. The maximum atomic E-state index is 12.4. The number of halogens is 1. The monoisotopic (exact) mass is 634 g/mol. The van der Waals surface area contributed by atoms with Crippen molar-refractivity contribution in [2.45, 2.75) is 66.2 Å². The Morgan fingerprint density at radius 3 is 2.42 bits per heavy atom. The lowest BCUT2D eigenvalue weighted by Crippen LogP contribution is -2.50. The van der Waals surface area contributed by atoms with Gasteiger partial charge in [-0.3, -0.25) is 9.88 Å². The number of benzene rings is 1. The summed E-state index contributed by atoms with van der Waals surface area (Å²) in [6.07, 6.45) is 3.11. The van der Waals surface area contributed by atoms with Gasteiger partial charge in [0.05, 0.1) is 17.3 Å². The fraction of sp³-hybridized carbons (Fsp3) is 0.485. The lowest BCUT2D eigenvalue weighted by molar-refractivity contribution is 0.0137. The minimum atomic E-state index is -0.496. The van der Waals surface area contributed by atoms with Gasteiger partial charge in [0.15, 0.2) is 17.0 Å². The first kappa shape index (κ1) is 32.4. The minimum absolute atomic E-state index is 0.217. The Kier molecular flexibility index (Phi) is 9.50. The van der Waals surface area contributed by atoms with E-state index in [0.717, 1.165) is 36.5 Å². The molecular formula is C33H43ClN8O3. The van der Waals surface area contributed by atoms with Crippen molar-refractivity contribution in [2.24, 2.45) is 0 Å². The number of nitrogens with zero attached hydrogens (tertiary/aromatic N) is 7. The van der Waals surface area contributed by atoms with Crippen LogP contribution in [0, 0.1) is 6.92 Å². The van der Waals surface area contributed by atoms with Gasteiger partial charge in [0.25, 0.3) is 0 Å². The maximum absolute atomic E-state index is 12.4. The standard InChI is InChI=1S/C33H43ClN8O3/c1-22-10-11-35-23(18-22)20-42-29(38-27-28(39-32(2,3)4)36-21-37-30(27)42)25-9-8-24(19-26(25)34)44-17-16-40-12-14-41(15-13-40)31(43)45-33(5,6)7/h8-11,18-19,21H,12-17,20H2,1-7H3,(H,36,37,39). The zero-order chi connectivity index (χ0) is 32.4. The fourth-order valence-corrected chi connectivity index (χ4v) is 5.38. The summed E-state index contributed by atoms with van der Waals surface area (Å²) in [5.41, 5.74) is 3.42. The summed E-state index contributed by atoms with van der Waals surface area (Å²) in [5, 5.41) is 3.97. The first-order chi connectivity index (χ1) is 21.3. The number of carbonyl (C=O) groups excluding carboxylic acids is 1. The summed E-state index contributed by atoms with van der Waals surface area (Å²) >= 11 is 6.90. The molecule has 1 aromatic carbocycles. The summed E-state index contributed by atoms with van der Waals surface area (Å²) < 4.78 is 13.6. The smallest absolute Gasteiger partial charge is 0.410 e. The van der Waals surface area contributed by atoms with E-state index in [1.807, 2.05) is 62.7 Å². The molecule has 4 aromatic rings. The number of pyridine rings is 1. The molecule has 0 aliphatic carbocycles. The summed E-state index contributed by atoms with van der Waals surface area (Å²) in [7, 11) is 0. The van der Waals surface area contributed by atoms with Crippen molar-refractivity contribution in [1.29, 1.82) is 0 Å². The van der Waals surface area contributed by atoms with Gasteiger partial charge in [0, 0.05) is 50.0 Å². The summed E-state index contributed by atoms with van der Waals surface area (Å²) in [6.45, 7) is 18.4. The predicted molar refractivity (Wildman–Crippen MR) is 177 cm³/mol. The lowest BCUT2D eigenvalue weighted by Gasteiger charge is -2.35. The highest BCUT2D eigenvalue weighted by Crippen LogP contribution is 2.34. The number of aromatic nitrogens is 5. The number of anilines is 1. The van der Waals surface area contributed by atoms with Crippen LogP contribution in [0.25, 0.3) is 22.6 Å². The molecule has 12 heteroatoms. The highest BCUT2D eigenvalue weighted by molar-refractivity contribution is 6.33. The van der Waals surface area contributed by atoms with Gasteiger partial charge in [0.1, 0.15) is 30.1 Å². The summed E-state index contributed by atoms with van der Waals surface area (Å²) in [5.74, 6) is 2.01. The highest BCUT2D eigenvalue weighted by atomic mass is 35.5. The van der Waals surface area contributed by atoms with Crippen LogP contribution in [0.3, 0.4) is 0 Å². The molecule has 45 heavy (non-hydrogen) atoms. The number of amides is 1. The van der Waals surface area contributed by atoms with E-state index in [1.165, 1.54) is 0 Å². The number of fused-ring (bicyclic) bond motifs is 1. The molecule has 11 nitrogen and oxygen atoms in total. The molecule has 240 valence electrons. The molecule has 1 N–H and O–H groups in total. The molecule has 0 atom stereocenters. The quantitative estimate of drug-likeness (QED) is 0.248. The third-order valence-electron chi connectivity index (χ3n) is 7.20. The SMILES string of the molecule is Cc1ccnc(Cn2c(-c3ccc(OCCN4CCN(C(=O)OC(C)(C)C)CC4)cc3Cl)nc3c(NC(C)(C)C)ncnc32)c1. The second-order valence-electron chi connectivity index (χ2n) is 13.4. The molecule has 3 aromatic heterocycles. The molecule has 4 heterocycles. The van der Waals surface area contributed by atoms with Crippen molar-refractivity contribution in [3.63, 3.8) is 0 Å². The number of nitrogens with one attached hydrogen (secondary N) is 1. The Morgan fingerprint density at radius 1 is 1.00 bits per heavy atom. The van der Waals surface area contributed by atoms with E-state index in [4.69, 9.17) is 26.1 Å². The molecule has 1 fully saturated rings. The molecule has 1 aliphatic rings. The van der Waals surface area contributed by atoms with Gasteiger partial charge in [-0.2, -0.15) is 0 Å². The first-order valence-corrected chi connectivity index (χ1v) is 15.7. The zero-order valence-electron chi connectivity index (χ0n) is 27.2. The van der Waals surface area contributed by atoms with E-state index in [1.54, 1.807) is 11.2 Å². The Labute approximate surface area is 269 Å². The van der Waals surface area contributed by atoms with Crippen LogP contribution in [0.1, 0.15) is 52.8 Å². The van der Waals surface area contributed by atoms with E-state index in [-0.39, 0.29) is 11.6 Å². The number of piperazine rings is 1. The van der Waals surface area contributed by atoms with Gasteiger partial charge in [-0.05, 0) is 84.4 Å². The van der Waals surface area contributed by atoms with Crippen molar-refractivity contribution in [3.05, 3.63) is 59.1 Å². The Balaban J connectivity index is 1.31. The first-order valence-electron chi connectivity index (χ1n) is 15.3. The third-order valence-corrected chi connectivity index (χ3v) is 7.51. The van der Waals surface area contributed by atoms with Gasteiger partial charge in [-0.25, -0.2) is 19.7 Å². The average molecular weight is 635 g/mol. The van der Waals surface area contributed by atoms with Crippen LogP contribution in [0.2, 0.25) is 5.02 Å². The van der Waals surface area contributed by atoms with Crippen LogP contribution in [-0.4, -0.2) is 90.9 Å². The largest absolute Gasteiger partial charge is 0.492 e. The molecule has 0 saturated carbocycles. The van der Waals surface area contributed by atoms with E-state index >= 15 is 0 Å². The average Bonchev–Trinajstić information content (AvgIpc) is 3.30. The Morgan fingerprint density at radius 2 is 1.76 bits per heavy atom. The zero-order valence-corrected chi connectivity index (χ0v) is 28.0. The van der Waals surface area contributed by atoms with Gasteiger partial charge in [-0.1, -0.05) is 11.6 Å². The molecule has 1 amide bonds. The Bertz CT molecular complexity index is 1650. The third kappa shape index (κ3) is 8.40. The van der Waals surface area contributed by atoms with Gasteiger partial charge >= 0.3 is 6.09 Å². The fourth-order valence-electron chi connectivity index (χ4n) is 5.13. The van der Waals surface area contributed by atoms with Gasteiger partial charge in [-0.15, -0.1) is 0 Å². The van der Waals surface area contributed by atoms with E-state index < -0.39 is 5.60 Å². The molecule has 0 radical (unpaired) electrons. The van der Waals surface area contributed by atoms with Crippen LogP contribution < -0.4 is 10.1 Å². The number of carbonyl (C=O) groups is 1. The van der Waals surface area contributed by atoms with Crippen molar-refractivity contribution in [3.8, 4) is 17.1 Å². The number of imidazole rings is 1. The molecule has 5 rings (SSSR count). The van der Waals surface area contributed by atoms with Gasteiger partial charge < -0.3 is 24.3 Å². The number of aryl methyl sites for hydroxylation is 1. The van der Waals surface area contributed by atoms with Crippen LogP contribution in [0.4, 0.5) is 10.6 Å². The molecule has 1 saturated heterocycles. The van der Waals surface area contributed by atoms with E-state index in [2.05, 4.69) is 52.0 Å². The molecule has 0 unspecified atom stereocenters. The minimum Gasteiger partial charge on any atom is -0.492 e. The Hall–Kier alpha value is -3.96. The number of ether oxygens (including phenoxy) is 2. The lowest BCUT2D eigenvalue weighted by atomic mass is 10.1. The van der Waals surface area contributed by atoms with Crippen molar-refractivity contribution >= 4 is 34.7 Å². The number of hydrogen-bond acceptors (Lipinski definition) is 9.